The highest BCUT2D eigenvalue weighted by atomic mass is 14.9. The van der Waals surface area contributed by atoms with Gasteiger partial charge in [0.2, 0.25) is 0 Å². The van der Waals surface area contributed by atoms with Crippen LogP contribution in [0.15, 0.2) is 30.5 Å². The summed E-state index contributed by atoms with van der Waals surface area (Å²) in [5.41, 5.74) is 8.35. The Hall–Kier alpha value is -1.28. The highest BCUT2D eigenvalue weighted by molar-refractivity contribution is 5.84. The van der Waals surface area contributed by atoms with Crippen LogP contribution in [0, 0.1) is 0 Å². The van der Waals surface area contributed by atoms with Gasteiger partial charge in [-0.25, -0.2) is 0 Å². The molecule has 0 unspecified atom stereocenters. The van der Waals surface area contributed by atoms with E-state index in [9.17, 15) is 0 Å². The van der Waals surface area contributed by atoms with Gasteiger partial charge in [-0.05, 0) is 18.6 Å². The zero-order valence-electron chi connectivity index (χ0n) is 7.99. The fraction of sp³-hybridized carbons (Fsp3) is 0.273. The number of hydrogen-bond acceptors (Lipinski definition) is 1. The van der Waals surface area contributed by atoms with Crippen LogP contribution in [-0.4, -0.2) is 4.57 Å². The van der Waals surface area contributed by atoms with Gasteiger partial charge < -0.3 is 10.3 Å². The van der Waals surface area contributed by atoms with E-state index in [0.717, 1.165) is 0 Å². The second-order valence-corrected chi connectivity index (χ2v) is 3.50. The average molecular weight is 174 g/mol. The third-order valence-corrected chi connectivity index (χ3v) is 2.42. The van der Waals surface area contributed by atoms with Crippen molar-refractivity contribution in [1.82, 2.24) is 4.57 Å². The van der Waals surface area contributed by atoms with Gasteiger partial charge in [-0.2, -0.15) is 0 Å². The van der Waals surface area contributed by atoms with Crippen LogP contribution in [0.3, 0.4) is 0 Å². The molecule has 0 aliphatic heterocycles. The number of rotatable bonds is 1. The Morgan fingerprint density at radius 1 is 1.31 bits per heavy atom. The quantitative estimate of drug-likeness (QED) is 0.706. The molecule has 0 bridgehead atoms. The highest BCUT2D eigenvalue weighted by Gasteiger charge is 2.08. The minimum absolute atomic E-state index is 0.103. The molecule has 0 spiro atoms. The van der Waals surface area contributed by atoms with Gasteiger partial charge in [0.25, 0.3) is 0 Å². The van der Waals surface area contributed by atoms with Crippen molar-refractivity contribution >= 4 is 10.9 Å². The molecule has 1 atom stereocenters. The molecule has 2 nitrogen and oxygen atoms in total. The van der Waals surface area contributed by atoms with E-state index in [1.807, 2.05) is 26.1 Å². The van der Waals surface area contributed by atoms with Gasteiger partial charge in [0.05, 0.1) is 0 Å². The molecule has 0 radical (unpaired) electrons. The van der Waals surface area contributed by atoms with Crippen molar-refractivity contribution < 1.29 is 0 Å². The lowest BCUT2D eigenvalue weighted by molar-refractivity contribution is 0.815. The van der Waals surface area contributed by atoms with Crippen molar-refractivity contribution in [3.63, 3.8) is 0 Å². The van der Waals surface area contributed by atoms with Crippen molar-refractivity contribution in [3.05, 3.63) is 36.0 Å². The standard InChI is InChI=1S/C11H14N2/c1-8(12)10-7-13(2)11-6-4-3-5-9(10)11/h3-8H,12H2,1-2H3/t8-/m0/s1. The lowest BCUT2D eigenvalue weighted by atomic mass is 10.1. The Morgan fingerprint density at radius 2 is 2.00 bits per heavy atom. The van der Waals surface area contributed by atoms with Crippen molar-refractivity contribution in [1.29, 1.82) is 0 Å². The van der Waals surface area contributed by atoms with Crippen molar-refractivity contribution in [3.8, 4) is 0 Å². The zero-order valence-corrected chi connectivity index (χ0v) is 7.99. The normalized spacial score (nSPS) is 13.5. The number of hydrogen-bond donors (Lipinski definition) is 1. The largest absolute Gasteiger partial charge is 0.350 e. The second-order valence-electron chi connectivity index (χ2n) is 3.50. The summed E-state index contributed by atoms with van der Waals surface area (Å²) in [6, 6.07) is 8.43. The molecule has 1 aromatic carbocycles. The van der Waals surface area contributed by atoms with E-state index in [4.69, 9.17) is 5.73 Å². The van der Waals surface area contributed by atoms with E-state index in [0.29, 0.717) is 0 Å². The predicted molar refractivity (Wildman–Crippen MR) is 55.5 cm³/mol. The van der Waals surface area contributed by atoms with E-state index in [1.54, 1.807) is 0 Å². The minimum atomic E-state index is 0.103. The van der Waals surface area contributed by atoms with Gasteiger partial charge in [0, 0.05) is 30.2 Å². The van der Waals surface area contributed by atoms with Gasteiger partial charge in [0.15, 0.2) is 0 Å². The van der Waals surface area contributed by atoms with Crippen molar-refractivity contribution in [2.24, 2.45) is 12.8 Å². The van der Waals surface area contributed by atoms with Crippen LogP contribution in [0.5, 0.6) is 0 Å². The molecule has 0 saturated heterocycles. The topological polar surface area (TPSA) is 30.9 Å². The summed E-state index contributed by atoms with van der Waals surface area (Å²) in [4.78, 5) is 0. The first-order valence-corrected chi connectivity index (χ1v) is 4.49. The van der Waals surface area contributed by atoms with E-state index in [-0.39, 0.29) is 6.04 Å². The summed E-state index contributed by atoms with van der Waals surface area (Å²) >= 11 is 0. The summed E-state index contributed by atoms with van der Waals surface area (Å²) in [5, 5.41) is 1.26. The van der Waals surface area contributed by atoms with E-state index < -0.39 is 0 Å². The van der Waals surface area contributed by atoms with Crippen LogP contribution in [0.4, 0.5) is 0 Å². The lowest BCUT2D eigenvalue weighted by Crippen LogP contribution is -2.03. The Labute approximate surface area is 78.0 Å². The molecule has 1 aromatic heterocycles. The molecule has 2 rings (SSSR count). The molecule has 0 fully saturated rings. The van der Waals surface area contributed by atoms with Crippen molar-refractivity contribution in [2.75, 3.05) is 0 Å². The molecule has 13 heavy (non-hydrogen) atoms. The van der Waals surface area contributed by atoms with Crippen LogP contribution in [0.1, 0.15) is 18.5 Å². The summed E-state index contributed by atoms with van der Waals surface area (Å²) in [6.07, 6.45) is 2.11. The van der Waals surface area contributed by atoms with Gasteiger partial charge in [-0.3, -0.25) is 0 Å². The maximum Gasteiger partial charge on any atom is 0.0481 e. The fourth-order valence-corrected chi connectivity index (χ4v) is 1.74. The predicted octanol–water partition coefficient (Wildman–Crippen LogP) is 2.20. The van der Waals surface area contributed by atoms with Crippen LogP contribution in [-0.2, 0) is 7.05 Å². The first kappa shape index (κ1) is 8.32. The molecule has 2 aromatic rings. The SMILES string of the molecule is C[C@H](N)c1cn(C)c2ccccc12. The molecule has 68 valence electrons. The molecule has 0 aliphatic carbocycles. The number of nitrogens with two attached hydrogens (primary N) is 1. The van der Waals surface area contributed by atoms with Gasteiger partial charge in [-0.1, -0.05) is 18.2 Å². The number of fused-ring (bicyclic) bond motifs is 1. The second kappa shape index (κ2) is 2.89. The summed E-state index contributed by atoms with van der Waals surface area (Å²) in [6.45, 7) is 2.02. The average Bonchev–Trinajstić information content (AvgIpc) is 2.45. The third-order valence-electron chi connectivity index (χ3n) is 2.42. The van der Waals surface area contributed by atoms with E-state index >= 15 is 0 Å². The van der Waals surface area contributed by atoms with E-state index in [1.165, 1.54) is 16.5 Å². The Bertz CT molecular complexity index is 427. The molecule has 2 heteroatoms. The summed E-state index contributed by atoms with van der Waals surface area (Å²) in [5.74, 6) is 0. The Morgan fingerprint density at radius 3 is 2.69 bits per heavy atom. The molecule has 0 saturated carbocycles. The third kappa shape index (κ3) is 1.23. The van der Waals surface area contributed by atoms with Crippen LogP contribution >= 0.6 is 0 Å². The number of aromatic nitrogens is 1. The van der Waals surface area contributed by atoms with E-state index in [2.05, 4.69) is 22.9 Å². The minimum Gasteiger partial charge on any atom is -0.350 e. The first-order chi connectivity index (χ1) is 6.20. The zero-order chi connectivity index (χ0) is 9.42. The summed E-state index contributed by atoms with van der Waals surface area (Å²) < 4.78 is 2.12. The number of benzene rings is 1. The van der Waals surface area contributed by atoms with Gasteiger partial charge in [-0.15, -0.1) is 0 Å². The lowest BCUT2D eigenvalue weighted by Gasteiger charge is -2.01. The summed E-state index contributed by atoms with van der Waals surface area (Å²) in [7, 11) is 2.05. The number of aryl methyl sites for hydroxylation is 1. The Kier molecular flexibility index (Phi) is 1.85. The molecular weight excluding hydrogens is 160 g/mol. The van der Waals surface area contributed by atoms with Crippen LogP contribution in [0.25, 0.3) is 10.9 Å². The van der Waals surface area contributed by atoms with Gasteiger partial charge in [0.1, 0.15) is 0 Å². The van der Waals surface area contributed by atoms with Crippen molar-refractivity contribution in [2.45, 2.75) is 13.0 Å². The molecule has 0 amide bonds. The Balaban J connectivity index is 2.78. The maximum atomic E-state index is 5.88. The molecule has 0 aliphatic rings. The molecule has 2 N–H and O–H groups in total. The molecular formula is C11H14N2. The number of para-hydroxylation sites is 1. The highest BCUT2D eigenvalue weighted by Crippen LogP contribution is 2.23. The smallest absolute Gasteiger partial charge is 0.0481 e. The van der Waals surface area contributed by atoms with Crippen LogP contribution in [0.2, 0.25) is 0 Å². The van der Waals surface area contributed by atoms with Crippen LogP contribution < -0.4 is 5.73 Å². The number of nitrogens with zero attached hydrogens (tertiary/aromatic N) is 1. The monoisotopic (exact) mass is 174 g/mol. The fourth-order valence-electron chi connectivity index (χ4n) is 1.74. The maximum absolute atomic E-state index is 5.88. The van der Waals surface area contributed by atoms with Gasteiger partial charge >= 0.3 is 0 Å². The first-order valence-electron chi connectivity index (χ1n) is 4.49. The molecule has 1 heterocycles.